The van der Waals surface area contributed by atoms with E-state index in [0.29, 0.717) is 4.90 Å². The van der Waals surface area contributed by atoms with E-state index in [4.69, 9.17) is 4.43 Å². The summed E-state index contributed by atoms with van der Waals surface area (Å²) >= 11 is 0. The molecule has 0 spiro atoms. The van der Waals surface area contributed by atoms with E-state index >= 15 is 0 Å². The van der Waals surface area contributed by atoms with Gasteiger partial charge in [-0.15, -0.1) is 0 Å². The lowest BCUT2D eigenvalue weighted by Crippen LogP contribution is -2.45. The van der Waals surface area contributed by atoms with E-state index in [1.165, 1.54) is 0 Å². The summed E-state index contributed by atoms with van der Waals surface area (Å²) in [5, 5.41) is 9.95. The van der Waals surface area contributed by atoms with Crippen LogP contribution in [0.3, 0.4) is 0 Å². The predicted octanol–water partition coefficient (Wildman–Crippen LogP) is 4.49. The molecule has 0 aliphatic carbocycles. The third kappa shape index (κ3) is 6.99. The summed E-state index contributed by atoms with van der Waals surface area (Å²) in [6.45, 7) is 15.8. The van der Waals surface area contributed by atoms with Gasteiger partial charge in [-0.25, -0.2) is 8.42 Å². The number of hydrogen-bond donors (Lipinski definition) is 1. The Labute approximate surface area is 160 Å². The maximum absolute atomic E-state index is 12.9. The zero-order chi connectivity index (χ0) is 20.4. The fourth-order valence-corrected chi connectivity index (χ4v) is 4.83. The maximum atomic E-state index is 12.9. The number of rotatable bonds is 7. The molecule has 1 aromatic carbocycles. The van der Waals surface area contributed by atoms with Gasteiger partial charge < -0.3 is 9.53 Å². The standard InChI is InChI=1S/C20H34O4SSi/c1-16-9-11-18(12-10-16)25(22,23)15-17(13-14-20(5,6)21)24-26(7,8)19(2,3)4/h9-14,17,21H,15H2,1-8H3/b14-13+/t17-/m1/s1. The van der Waals surface area contributed by atoms with Crippen LogP contribution in [-0.2, 0) is 14.3 Å². The number of hydrogen-bond acceptors (Lipinski definition) is 4. The number of benzene rings is 1. The lowest BCUT2D eigenvalue weighted by Gasteiger charge is -2.38. The van der Waals surface area contributed by atoms with Crippen molar-refractivity contribution in [1.82, 2.24) is 0 Å². The van der Waals surface area contributed by atoms with Crippen LogP contribution in [0.4, 0.5) is 0 Å². The quantitative estimate of drug-likeness (QED) is 0.543. The van der Waals surface area contributed by atoms with Gasteiger partial charge in [0.1, 0.15) is 0 Å². The zero-order valence-electron chi connectivity index (χ0n) is 17.3. The smallest absolute Gasteiger partial charge is 0.192 e. The summed E-state index contributed by atoms with van der Waals surface area (Å²) in [7, 11) is -5.67. The van der Waals surface area contributed by atoms with Crippen LogP contribution < -0.4 is 0 Å². The van der Waals surface area contributed by atoms with Crippen molar-refractivity contribution in [2.75, 3.05) is 5.75 Å². The van der Waals surface area contributed by atoms with Gasteiger partial charge in [0, 0.05) is 0 Å². The lowest BCUT2D eigenvalue weighted by atomic mass is 10.1. The first kappa shape index (κ1) is 23.1. The van der Waals surface area contributed by atoms with E-state index in [9.17, 15) is 13.5 Å². The van der Waals surface area contributed by atoms with Crippen molar-refractivity contribution in [2.24, 2.45) is 0 Å². The van der Waals surface area contributed by atoms with Crippen molar-refractivity contribution in [1.29, 1.82) is 0 Å². The largest absolute Gasteiger partial charge is 0.410 e. The molecular weight excluding hydrogens is 364 g/mol. The van der Waals surface area contributed by atoms with Crippen molar-refractivity contribution in [2.45, 2.75) is 76.3 Å². The fourth-order valence-electron chi connectivity index (χ4n) is 2.08. The van der Waals surface area contributed by atoms with Gasteiger partial charge in [0.25, 0.3) is 0 Å². The van der Waals surface area contributed by atoms with Crippen molar-refractivity contribution in [3.8, 4) is 0 Å². The van der Waals surface area contributed by atoms with Crippen molar-refractivity contribution in [3.63, 3.8) is 0 Å². The molecule has 26 heavy (non-hydrogen) atoms. The number of sulfone groups is 1. The van der Waals surface area contributed by atoms with E-state index in [1.54, 1.807) is 50.3 Å². The third-order valence-corrected chi connectivity index (χ3v) is 11.0. The van der Waals surface area contributed by atoms with Crippen molar-refractivity contribution < 1.29 is 18.0 Å². The second-order valence-electron chi connectivity index (χ2n) is 9.02. The van der Waals surface area contributed by atoms with E-state index in [1.807, 2.05) is 6.92 Å². The van der Waals surface area contributed by atoms with Gasteiger partial charge >= 0.3 is 0 Å². The fraction of sp³-hybridized carbons (Fsp3) is 0.600. The molecular formula is C20H34O4SSi. The van der Waals surface area contributed by atoms with E-state index in [2.05, 4.69) is 33.9 Å². The van der Waals surface area contributed by atoms with Gasteiger partial charge in [-0.2, -0.15) is 0 Å². The average Bonchev–Trinajstić information content (AvgIpc) is 2.42. The molecule has 1 N–H and O–H groups in total. The minimum absolute atomic E-state index is 0.0402. The van der Waals surface area contributed by atoms with Crippen molar-refractivity contribution >= 4 is 18.2 Å². The second kappa shape index (κ2) is 7.96. The Kier molecular flexibility index (Phi) is 7.07. The van der Waals surface area contributed by atoms with E-state index in [0.717, 1.165) is 5.56 Å². The maximum Gasteiger partial charge on any atom is 0.192 e. The Morgan fingerprint density at radius 3 is 2.04 bits per heavy atom. The molecule has 1 atom stereocenters. The molecule has 4 nitrogen and oxygen atoms in total. The molecule has 0 bridgehead atoms. The van der Waals surface area contributed by atoms with Crippen LogP contribution in [-0.4, -0.2) is 39.3 Å². The predicted molar refractivity (Wildman–Crippen MR) is 111 cm³/mol. The molecule has 0 amide bonds. The van der Waals surface area contributed by atoms with E-state index < -0.39 is 29.9 Å². The first-order valence-electron chi connectivity index (χ1n) is 8.92. The van der Waals surface area contributed by atoms with Crippen LogP contribution in [0.1, 0.15) is 40.2 Å². The molecule has 0 aliphatic heterocycles. The highest BCUT2D eigenvalue weighted by atomic mass is 32.2. The molecule has 0 aliphatic rings. The molecule has 148 valence electrons. The van der Waals surface area contributed by atoms with Crippen LogP contribution in [0.25, 0.3) is 0 Å². The van der Waals surface area contributed by atoms with Crippen LogP contribution in [0.2, 0.25) is 18.1 Å². The minimum atomic E-state index is -3.50. The topological polar surface area (TPSA) is 63.6 Å². The summed E-state index contributed by atoms with van der Waals surface area (Å²) in [6, 6.07) is 6.86. The van der Waals surface area contributed by atoms with Crippen LogP contribution >= 0.6 is 0 Å². The molecule has 0 unspecified atom stereocenters. The van der Waals surface area contributed by atoms with E-state index in [-0.39, 0.29) is 10.8 Å². The normalized spacial score (nSPS) is 15.4. The highest BCUT2D eigenvalue weighted by Gasteiger charge is 2.39. The van der Waals surface area contributed by atoms with Crippen LogP contribution in [0.15, 0.2) is 41.3 Å². The average molecular weight is 399 g/mol. The Bertz CT molecular complexity index is 721. The van der Waals surface area contributed by atoms with Gasteiger partial charge in [0.2, 0.25) is 0 Å². The molecule has 1 aromatic rings. The van der Waals surface area contributed by atoms with Gasteiger partial charge in [0.15, 0.2) is 18.2 Å². The molecule has 0 heterocycles. The minimum Gasteiger partial charge on any atom is -0.410 e. The highest BCUT2D eigenvalue weighted by Crippen LogP contribution is 2.37. The molecule has 0 aromatic heterocycles. The summed E-state index contributed by atoms with van der Waals surface area (Å²) in [6.07, 6.45) is 2.69. The first-order valence-corrected chi connectivity index (χ1v) is 13.5. The lowest BCUT2D eigenvalue weighted by molar-refractivity contribution is 0.131. The first-order chi connectivity index (χ1) is 11.5. The zero-order valence-corrected chi connectivity index (χ0v) is 19.1. The second-order valence-corrected chi connectivity index (χ2v) is 15.8. The molecule has 6 heteroatoms. The van der Waals surface area contributed by atoms with Crippen LogP contribution in [0.5, 0.6) is 0 Å². The molecule has 0 radical (unpaired) electrons. The van der Waals surface area contributed by atoms with Crippen LogP contribution in [0, 0.1) is 6.92 Å². The Balaban J connectivity index is 3.16. The number of aryl methyl sites for hydroxylation is 1. The van der Waals surface area contributed by atoms with Gasteiger partial charge in [-0.05, 0) is 51.0 Å². The molecule has 0 saturated carbocycles. The Morgan fingerprint density at radius 1 is 1.12 bits per heavy atom. The summed E-state index contributed by atoms with van der Waals surface area (Å²) < 4.78 is 32.0. The molecule has 0 saturated heterocycles. The Hall–Kier alpha value is -0.953. The Morgan fingerprint density at radius 2 is 1.62 bits per heavy atom. The van der Waals surface area contributed by atoms with Gasteiger partial charge in [0.05, 0.1) is 22.4 Å². The molecule has 1 rings (SSSR count). The SMILES string of the molecule is Cc1ccc(S(=O)(=O)C[C@@H](/C=C/C(C)(C)O)O[Si](C)(C)C(C)(C)C)cc1. The summed E-state index contributed by atoms with van der Waals surface area (Å²) in [5.41, 5.74) is -0.0113. The van der Waals surface area contributed by atoms with Crippen molar-refractivity contribution in [3.05, 3.63) is 42.0 Å². The monoisotopic (exact) mass is 398 g/mol. The number of aliphatic hydroxyl groups is 1. The van der Waals surface area contributed by atoms with Gasteiger partial charge in [-0.3, -0.25) is 0 Å². The van der Waals surface area contributed by atoms with Gasteiger partial charge in [-0.1, -0.05) is 50.6 Å². The highest BCUT2D eigenvalue weighted by molar-refractivity contribution is 7.91. The summed E-state index contributed by atoms with van der Waals surface area (Å²) in [5.74, 6) is -0.144. The summed E-state index contributed by atoms with van der Waals surface area (Å²) in [4.78, 5) is 0.295. The molecule has 0 fully saturated rings. The third-order valence-electron chi connectivity index (χ3n) is 4.73.